The molecule has 4 rings (SSSR count). The highest BCUT2D eigenvalue weighted by Gasteiger charge is 2.36. The first kappa shape index (κ1) is 18.0. The van der Waals surface area contributed by atoms with E-state index in [2.05, 4.69) is 10.2 Å². The van der Waals surface area contributed by atoms with Crippen LogP contribution in [0.15, 0.2) is 42.5 Å². The summed E-state index contributed by atoms with van der Waals surface area (Å²) in [5.41, 5.74) is 2.28. The number of esters is 2. The minimum absolute atomic E-state index is 0.0370. The SMILES string of the molecule is CCOC(=O)c1ccc(OC(=O)c2ccc3c(c2)NC(=O)[C@H]2CCCN32)cc1. The standard InChI is InChI=1S/C21H20N2O5/c1-2-27-20(25)13-5-8-15(9-6-13)28-21(26)14-7-10-17-16(12-14)22-19(24)18-4-3-11-23(17)18/h5-10,12,18H,2-4,11H2,1H3,(H,22,24)/t18-/m1/s1. The molecular weight excluding hydrogens is 360 g/mol. The van der Waals surface area contributed by atoms with Crippen LogP contribution in [0.3, 0.4) is 0 Å². The summed E-state index contributed by atoms with van der Waals surface area (Å²) in [7, 11) is 0. The molecule has 0 spiro atoms. The first-order chi connectivity index (χ1) is 13.6. The number of fused-ring (bicyclic) bond motifs is 3. The summed E-state index contributed by atoms with van der Waals surface area (Å²) in [6, 6.07) is 11.2. The summed E-state index contributed by atoms with van der Waals surface area (Å²) in [6.07, 6.45) is 1.82. The van der Waals surface area contributed by atoms with Gasteiger partial charge in [-0.05, 0) is 62.2 Å². The third-order valence-corrected chi connectivity index (χ3v) is 4.93. The van der Waals surface area contributed by atoms with Gasteiger partial charge < -0.3 is 19.7 Å². The summed E-state index contributed by atoms with van der Waals surface area (Å²) in [5.74, 6) is -0.681. The van der Waals surface area contributed by atoms with Gasteiger partial charge in [-0.25, -0.2) is 9.59 Å². The van der Waals surface area contributed by atoms with Crippen molar-refractivity contribution in [1.29, 1.82) is 0 Å². The number of hydrogen-bond donors (Lipinski definition) is 1. The molecule has 0 unspecified atom stereocenters. The number of nitrogens with one attached hydrogen (secondary N) is 1. The van der Waals surface area contributed by atoms with Gasteiger partial charge in [0.15, 0.2) is 0 Å². The Bertz CT molecular complexity index is 938. The van der Waals surface area contributed by atoms with Crippen molar-refractivity contribution in [2.45, 2.75) is 25.8 Å². The topological polar surface area (TPSA) is 84.9 Å². The van der Waals surface area contributed by atoms with Gasteiger partial charge in [-0.3, -0.25) is 4.79 Å². The quantitative estimate of drug-likeness (QED) is 0.648. The largest absolute Gasteiger partial charge is 0.462 e. The van der Waals surface area contributed by atoms with Gasteiger partial charge in [-0.1, -0.05) is 0 Å². The average molecular weight is 380 g/mol. The van der Waals surface area contributed by atoms with Gasteiger partial charge in [0.2, 0.25) is 5.91 Å². The summed E-state index contributed by atoms with van der Waals surface area (Å²) >= 11 is 0. The molecule has 0 bridgehead atoms. The molecule has 0 aliphatic carbocycles. The lowest BCUT2D eigenvalue weighted by Crippen LogP contribution is -2.43. The minimum atomic E-state index is -0.538. The van der Waals surface area contributed by atoms with Gasteiger partial charge in [0.25, 0.3) is 0 Å². The summed E-state index contributed by atoms with van der Waals surface area (Å²) < 4.78 is 10.3. The molecule has 2 aromatic carbocycles. The average Bonchev–Trinajstić information content (AvgIpc) is 3.19. The maximum Gasteiger partial charge on any atom is 0.343 e. The highest BCUT2D eigenvalue weighted by molar-refractivity contribution is 6.05. The van der Waals surface area contributed by atoms with Crippen LogP contribution in [0.4, 0.5) is 11.4 Å². The lowest BCUT2D eigenvalue weighted by molar-refractivity contribution is -0.117. The van der Waals surface area contributed by atoms with Crippen LogP contribution in [-0.2, 0) is 9.53 Å². The number of carbonyl (C=O) groups excluding carboxylic acids is 3. The maximum absolute atomic E-state index is 12.5. The number of hydrogen-bond acceptors (Lipinski definition) is 6. The van der Waals surface area contributed by atoms with Gasteiger partial charge in [0.05, 0.1) is 29.1 Å². The monoisotopic (exact) mass is 380 g/mol. The van der Waals surface area contributed by atoms with Gasteiger partial charge in [0, 0.05) is 6.54 Å². The van der Waals surface area contributed by atoms with Gasteiger partial charge in [-0.15, -0.1) is 0 Å². The van der Waals surface area contributed by atoms with Crippen molar-refractivity contribution >= 4 is 29.2 Å². The van der Waals surface area contributed by atoms with Crippen molar-refractivity contribution in [2.24, 2.45) is 0 Å². The molecule has 1 atom stereocenters. The molecule has 144 valence electrons. The van der Waals surface area contributed by atoms with Crippen LogP contribution in [0.2, 0.25) is 0 Å². The van der Waals surface area contributed by atoms with E-state index in [1.807, 2.05) is 6.07 Å². The molecule has 7 nitrogen and oxygen atoms in total. The Hall–Kier alpha value is -3.35. The second-order valence-electron chi connectivity index (χ2n) is 6.71. The summed E-state index contributed by atoms with van der Waals surface area (Å²) in [4.78, 5) is 38.5. The molecule has 2 heterocycles. The molecule has 2 aliphatic heterocycles. The van der Waals surface area contributed by atoms with Gasteiger partial charge >= 0.3 is 11.9 Å². The van der Waals surface area contributed by atoms with Crippen LogP contribution >= 0.6 is 0 Å². The molecular formula is C21H20N2O5. The Balaban J connectivity index is 1.49. The van der Waals surface area contributed by atoms with Crippen LogP contribution < -0.4 is 15.0 Å². The van der Waals surface area contributed by atoms with Crippen molar-refractivity contribution in [1.82, 2.24) is 0 Å². The number of rotatable bonds is 4. The normalized spacial score (nSPS) is 17.4. The van der Waals surface area contributed by atoms with E-state index >= 15 is 0 Å². The number of nitrogens with zero attached hydrogens (tertiary/aromatic N) is 1. The highest BCUT2D eigenvalue weighted by Crippen LogP contribution is 2.37. The predicted molar refractivity (Wildman–Crippen MR) is 103 cm³/mol. The zero-order chi connectivity index (χ0) is 19.7. The van der Waals surface area contributed by atoms with Crippen molar-refractivity contribution in [3.05, 3.63) is 53.6 Å². The zero-order valence-electron chi connectivity index (χ0n) is 15.4. The number of carbonyl (C=O) groups is 3. The van der Waals surface area contributed by atoms with Crippen molar-refractivity contribution in [3.63, 3.8) is 0 Å². The Labute approximate surface area is 162 Å². The number of ether oxygens (including phenoxy) is 2. The first-order valence-corrected chi connectivity index (χ1v) is 9.27. The molecule has 7 heteroatoms. The fourth-order valence-electron chi connectivity index (χ4n) is 3.60. The van der Waals surface area contributed by atoms with Gasteiger partial charge in [0.1, 0.15) is 11.8 Å². The molecule has 0 radical (unpaired) electrons. The van der Waals surface area contributed by atoms with E-state index < -0.39 is 11.9 Å². The highest BCUT2D eigenvalue weighted by atomic mass is 16.5. The van der Waals surface area contributed by atoms with E-state index in [9.17, 15) is 14.4 Å². The number of benzene rings is 2. The zero-order valence-corrected chi connectivity index (χ0v) is 15.4. The molecule has 1 N–H and O–H groups in total. The fraction of sp³-hybridized carbons (Fsp3) is 0.286. The van der Waals surface area contributed by atoms with Crippen molar-refractivity contribution in [2.75, 3.05) is 23.4 Å². The second-order valence-corrected chi connectivity index (χ2v) is 6.71. The predicted octanol–water partition coefficient (Wildman–Crippen LogP) is 3.00. The molecule has 28 heavy (non-hydrogen) atoms. The molecule has 2 aliphatic rings. The van der Waals surface area contributed by atoms with Crippen LogP contribution in [-0.4, -0.2) is 37.0 Å². The van der Waals surface area contributed by atoms with Crippen LogP contribution in [0.1, 0.15) is 40.5 Å². The van der Waals surface area contributed by atoms with E-state index in [1.54, 1.807) is 43.3 Å². The first-order valence-electron chi connectivity index (χ1n) is 9.27. The number of amides is 1. The van der Waals surface area contributed by atoms with E-state index in [1.165, 1.54) is 0 Å². The van der Waals surface area contributed by atoms with E-state index in [0.29, 0.717) is 29.2 Å². The van der Waals surface area contributed by atoms with Crippen LogP contribution in [0, 0.1) is 0 Å². The molecule has 0 saturated carbocycles. The van der Waals surface area contributed by atoms with Crippen LogP contribution in [0.5, 0.6) is 5.75 Å². The minimum Gasteiger partial charge on any atom is -0.462 e. The van der Waals surface area contributed by atoms with E-state index in [0.717, 1.165) is 25.1 Å². The Morgan fingerprint density at radius 2 is 1.86 bits per heavy atom. The fourth-order valence-corrected chi connectivity index (χ4v) is 3.60. The maximum atomic E-state index is 12.5. The Morgan fingerprint density at radius 1 is 1.11 bits per heavy atom. The third-order valence-electron chi connectivity index (χ3n) is 4.93. The summed E-state index contributed by atoms with van der Waals surface area (Å²) in [5, 5.41) is 2.88. The molecule has 1 amide bonds. The second kappa shape index (κ2) is 7.34. The molecule has 0 aromatic heterocycles. The molecule has 1 saturated heterocycles. The summed E-state index contributed by atoms with van der Waals surface area (Å²) in [6.45, 7) is 2.86. The lowest BCUT2D eigenvalue weighted by atomic mass is 10.1. The lowest BCUT2D eigenvalue weighted by Gasteiger charge is -2.33. The van der Waals surface area contributed by atoms with Crippen molar-refractivity contribution < 1.29 is 23.9 Å². The van der Waals surface area contributed by atoms with E-state index in [4.69, 9.17) is 9.47 Å². The third kappa shape index (κ3) is 3.31. The van der Waals surface area contributed by atoms with Crippen molar-refractivity contribution in [3.8, 4) is 5.75 Å². The van der Waals surface area contributed by atoms with Crippen LogP contribution in [0.25, 0.3) is 0 Å². The Kier molecular flexibility index (Phi) is 4.73. The number of anilines is 2. The molecule has 2 aromatic rings. The Morgan fingerprint density at radius 3 is 2.61 bits per heavy atom. The molecule has 1 fully saturated rings. The smallest absolute Gasteiger partial charge is 0.343 e. The van der Waals surface area contributed by atoms with E-state index in [-0.39, 0.29) is 11.9 Å². The van der Waals surface area contributed by atoms with Gasteiger partial charge in [-0.2, -0.15) is 0 Å².